The number of carbonyl (C=O) groups excluding carboxylic acids is 1. The Kier molecular flexibility index (Phi) is 7.51. The van der Waals surface area contributed by atoms with E-state index in [1.54, 1.807) is 18.2 Å². The lowest BCUT2D eigenvalue weighted by atomic mass is 9.71. The van der Waals surface area contributed by atoms with Crippen LogP contribution in [-0.4, -0.2) is 60.1 Å². The summed E-state index contributed by atoms with van der Waals surface area (Å²) in [6.45, 7) is 0.256. The van der Waals surface area contributed by atoms with Crippen LogP contribution < -0.4 is 10.1 Å². The van der Waals surface area contributed by atoms with E-state index in [2.05, 4.69) is 15.0 Å². The molecule has 3 rings (SSSR count). The molecule has 2 N–H and O–H groups in total. The van der Waals surface area contributed by atoms with E-state index < -0.39 is 52.0 Å². The van der Waals surface area contributed by atoms with Crippen molar-refractivity contribution in [3.05, 3.63) is 53.7 Å². The topological polar surface area (TPSA) is 126 Å². The molecule has 1 amide bonds. The molecule has 1 aliphatic heterocycles. The third kappa shape index (κ3) is 5.33. The summed E-state index contributed by atoms with van der Waals surface area (Å²) in [5.74, 6) is -2.92. The summed E-state index contributed by atoms with van der Waals surface area (Å²) in [5.41, 5.74) is 0.0269. The number of aliphatic carboxylic acids is 1. The molecule has 0 spiro atoms. The van der Waals surface area contributed by atoms with Gasteiger partial charge >= 0.3 is 12.6 Å². The highest BCUT2D eigenvalue weighted by Gasteiger charge is 2.55. The van der Waals surface area contributed by atoms with E-state index in [0.717, 1.165) is 9.87 Å². The summed E-state index contributed by atoms with van der Waals surface area (Å²) >= 11 is 0. The van der Waals surface area contributed by atoms with Crippen LogP contribution in [0, 0.1) is 0 Å². The zero-order chi connectivity index (χ0) is 25.1. The van der Waals surface area contributed by atoms with E-state index in [4.69, 9.17) is 5.11 Å². The number of halogens is 2. The molecular weight excluding hydrogens is 472 g/mol. The molecule has 2 heterocycles. The molecule has 9 nitrogen and oxygen atoms in total. The summed E-state index contributed by atoms with van der Waals surface area (Å²) in [4.78, 5) is 28.1. The quantitative estimate of drug-likeness (QED) is 0.517. The molecule has 0 aliphatic carbocycles. The number of nitrogens with one attached hydrogen (secondary N) is 1. The first-order valence-corrected chi connectivity index (χ1v) is 12.1. The number of nitrogens with zero attached hydrogens (tertiary/aromatic N) is 2. The lowest BCUT2D eigenvalue weighted by molar-refractivity contribution is -0.136. The van der Waals surface area contributed by atoms with Gasteiger partial charge in [0.1, 0.15) is 11.1 Å². The predicted molar refractivity (Wildman–Crippen MR) is 119 cm³/mol. The second kappa shape index (κ2) is 10.0. The Morgan fingerprint density at radius 3 is 2.50 bits per heavy atom. The number of amides is 1. The molecule has 1 aromatic carbocycles. The number of sulfonamides is 1. The van der Waals surface area contributed by atoms with Crippen LogP contribution in [0.1, 0.15) is 37.3 Å². The number of carboxylic acid groups (broad SMARTS) is 1. The maximum Gasteiger partial charge on any atom is 0.388 e. The van der Waals surface area contributed by atoms with Crippen molar-refractivity contribution < 1.29 is 36.6 Å². The fourth-order valence-corrected chi connectivity index (χ4v) is 5.40. The molecule has 0 atom stereocenters. The molecule has 1 aliphatic rings. The lowest BCUT2D eigenvalue weighted by Crippen LogP contribution is -2.66. The van der Waals surface area contributed by atoms with Gasteiger partial charge in [0.05, 0.1) is 12.2 Å². The van der Waals surface area contributed by atoms with Crippen LogP contribution >= 0.6 is 0 Å². The van der Waals surface area contributed by atoms with Crippen molar-refractivity contribution in [2.45, 2.75) is 38.2 Å². The minimum absolute atomic E-state index is 0.00895. The highest BCUT2D eigenvalue weighted by Crippen LogP contribution is 2.41. The van der Waals surface area contributed by atoms with Crippen molar-refractivity contribution in [2.24, 2.45) is 0 Å². The van der Waals surface area contributed by atoms with Crippen molar-refractivity contribution in [2.75, 3.05) is 24.2 Å². The van der Waals surface area contributed by atoms with Gasteiger partial charge in [-0.1, -0.05) is 38.1 Å². The Labute approximate surface area is 195 Å². The minimum atomic E-state index is -3.92. The van der Waals surface area contributed by atoms with Gasteiger partial charge in [-0.25, -0.2) is 13.4 Å². The standard InChI is InChI=1S/C22H25F2N3O6S/c1-14(2)15-6-3-4-7-16(15)22(12-27(13-22)34(31,32)11-9-18(28)29)20(30)26-17-8-5-10-25-19(17)33-21(23)24/h3-8,10,14,21H,9,11-13H2,1-2H3,(H,26,30)(H,28,29). The van der Waals surface area contributed by atoms with Gasteiger partial charge in [0, 0.05) is 19.3 Å². The number of carbonyl (C=O) groups is 2. The Balaban J connectivity index is 1.97. The molecule has 0 unspecified atom stereocenters. The third-order valence-corrected chi connectivity index (χ3v) is 7.38. The molecular formula is C22H25F2N3O6S. The maximum absolute atomic E-state index is 13.6. The first-order valence-electron chi connectivity index (χ1n) is 10.5. The number of aromatic nitrogens is 1. The second-order valence-corrected chi connectivity index (χ2v) is 10.3. The second-order valence-electron chi connectivity index (χ2n) is 8.24. The summed E-state index contributed by atoms with van der Waals surface area (Å²) in [7, 11) is -3.92. The van der Waals surface area contributed by atoms with Crippen LogP contribution in [0.4, 0.5) is 14.5 Å². The summed E-state index contributed by atoms with van der Waals surface area (Å²) < 4.78 is 56.3. The van der Waals surface area contributed by atoms with Crippen LogP contribution in [-0.2, 0) is 25.0 Å². The number of pyridine rings is 1. The molecule has 0 bridgehead atoms. The Morgan fingerprint density at radius 2 is 1.88 bits per heavy atom. The number of hydrogen-bond donors (Lipinski definition) is 2. The van der Waals surface area contributed by atoms with E-state index in [-0.39, 0.29) is 24.7 Å². The molecule has 0 saturated carbocycles. The number of alkyl halides is 2. The number of carboxylic acids is 1. The average molecular weight is 498 g/mol. The van der Waals surface area contributed by atoms with Crippen LogP contribution in [0.2, 0.25) is 0 Å². The fourth-order valence-electron chi connectivity index (χ4n) is 3.88. The number of rotatable bonds is 10. The Hall–Kier alpha value is -3.12. The molecule has 2 aromatic rings. The van der Waals surface area contributed by atoms with Crippen molar-refractivity contribution in [1.82, 2.24) is 9.29 Å². The zero-order valence-corrected chi connectivity index (χ0v) is 19.4. The van der Waals surface area contributed by atoms with Gasteiger partial charge in [0.15, 0.2) is 0 Å². The van der Waals surface area contributed by atoms with Crippen molar-refractivity contribution >= 4 is 27.6 Å². The molecule has 1 fully saturated rings. The van der Waals surface area contributed by atoms with E-state index in [9.17, 15) is 26.8 Å². The predicted octanol–water partition coefficient (Wildman–Crippen LogP) is 2.80. The zero-order valence-electron chi connectivity index (χ0n) is 18.6. The van der Waals surface area contributed by atoms with Gasteiger partial charge in [-0.2, -0.15) is 13.1 Å². The largest absolute Gasteiger partial charge is 0.481 e. The number of anilines is 1. The van der Waals surface area contributed by atoms with Gasteiger partial charge < -0.3 is 15.2 Å². The molecule has 12 heteroatoms. The van der Waals surface area contributed by atoms with Crippen molar-refractivity contribution in [3.63, 3.8) is 0 Å². The Morgan fingerprint density at radius 1 is 1.21 bits per heavy atom. The first kappa shape index (κ1) is 25.5. The highest BCUT2D eigenvalue weighted by atomic mass is 32.2. The molecule has 1 aromatic heterocycles. The summed E-state index contributed by atoms with van der Waals surface area (Å²) in [5, 5.41) is 11.4. The summed E-state index contributed by atoms with van der Waals surface area (Å²) in [6, 6.07) is 9.90. The smallest absolute Gasteiger partial charge is 0.388 e. The number of benzene rings is 1. The van der Waals surface area contributed by atoms with Crippen LogP contribution in [0.5, 0.6) is 5.88 Å². The van der Waals surface area contributed by atoms with Crippen molar-refractivity contribution in [3.8, 4) is 5.88 Å². The SMILES string of the molecule is CC(C)c1ccccc1C1(C(=O)Nc2cccnc2OC(F)F)CN(S(=O)(=O)CCC(=O)O)C1. The van der Waals surface area contributed by atoms with Gasteiger partial charge in [0.2, 0.25) is 21.8 Å². The van der Waals surface area contributed by atoms with E-state index in [1.165, 1.54) is 18.3 Å². The lowest BCUT2D eigenvalue weighted by Gasteiger charge is -2.49. The Bertz CT molecular complexity index is 1170. The van der Waals surface area contributed by atoms with Gasteiger partial charge in [-0.3, -0.25) is 9.59 Å². The van der Waals surface area contributed by atoms with Gasteiger partial charge in [-0.15, -0.1) is 0 Å². The van der Waals surface area contributed by atoms with E-state index >= 15 is 0 Å². The minimum Gasteiger partial charge on any atom is -0.481 e. The van der Waals surface area contributed by atoms with Gasteiger partial charge in [0.25, 0.3) is 0 Å². The molecule has 0 radical (unpaired) electrons. The first-order chi connectivity index (χ1) is 16.0. The van der Waals surface area contributed by atoms with E-state index in [0.29, 0.717) is 5.56 Å². The normalized spacial score (nSPS) is 15.7. The van der Waals surface area contributed by atoms with Crippen LogP contribution in [0.25, 0.3) is 0 Å². The molecule has 1 saturated heterocycles. The third-order valence-electron chi connectivity index (χ3n) is 5.61. The van der Waals surface area contributed by atoms with Crippen molar-refractivity contribution in [1.29, 1.82) is 0 Å². The summed E-state index contributed by atoms with van der Waals surface area (Å²) in [6.07, 6.45) is 0.669. The van der Waals surface area contributed by atoms with E-state index in [1.807, 2.05) is 19.9 Å². The maximum atomic E-state index is 13.6. The van der Waals surface area contributed by atoms with Crippen LogP contribution in [0.3, 0.4) is 0 Å². The number of hydrogen-bond acceptors (Lipinski definition) is 6. The number of ether oxygens (including phenoxy) is 1. The van der Waals surface area contributed by atoms with Crippen LogP contribution in [0.15, 0.2) is 42.6 Å². The molecule has 34 heavy (non-hydrogen) atoms. The average Bonchev–Trinajstić information content (AvgIpc) is 2.73. The highest BCUT2D eigenvalue weighted by molar-refractivity contribution is 7.89. The molecule has 184 valence electrons. The monoisotopic (exact) mass is 497 g/mol. The fraction of sp³-hybridized carbons (Fsp3) is 0.409. The van der Waals surface area contributed by atoms with Gasteiger partial charge in [-0.05, 0) is 29.2 Å².